The molecular weight excluding hydrogens is 304 g/mol. The predicted octanol–water partition coefficient (Wildman–Crippen LogP) is 1.29. The van der Waals surface area contributed by atoms with Crippen molar-refractivity contribution in [2.75, 3.05) is 0 Å². The molecule has 1 aliphatic carbocycles. The molecule has 1 aliphatic rings. The van der Waals surface area contributed by atoms with Crippen LogP contribution in [-0.2, 0) is 4.79 Å². The van der Waals surface area contributed by atoms with Crippen LogP contribution in [0.1, 0.15) is 34.3 Å². The summed E-state index contributed by atoms with van der Waals surface area (Å²) in [5.41, 5.74) is 11.1. The van der Waals surface area contributed by atoms with Crippen LogP contribution in [0.15, 0.2) is 48.6 Å². The van der Waals surface area contributed by atoms with E-state index in [0.717, 1.165) is 24.0 Å². The van der Waals surface area contributed by atoms with Crippen LogP contribution in [0.25, 0.3) is 5.70 Å². The van der Waals surface area contributed by atoms with E-state index < -0.39 is 5.91 Å². The zero-order valence-electron chi connectivity index (χ0n) is 13.6. The van der Waals surface area contributed by atoms with Crippen molar-refractivity contribution in [1.82, 2.24) is 10.7 Å². The first kappa shape index (κ1) is 17.5. The first-order valence-corrected chi connectivity index (χ1v) is 7.69. The third-order valence-corrected chi connectivity index (χ3v) is 3.78. The van der Waals surface area contributed by atoms with Gasteiger partial charge in [-0.15, -0.1) is 0 Å². The average Bonchev–Trinajstić information content (AvgIpc) is 3.39. The first-order chi connectivity index (χ1) is 11.5. The second-order valence-corrected chi connectivity index (χ2v) is 5.70. The van der Waals surface area contributed by atoms with Gasteiger partial charge in [0.2, 0.25) is 0 Å². The normalized spacial score (nSPS) is 14.9. The predicted molar refractivity (Wildman–Crippen MR) is 94.4 cm³/mol. The van der Waals surface area contributed by atoms with Crippen molar-refractivity contribution in [3.8, 4) is 0 Å². The maximum Gasteiger partial charge on any atom is 0.265 e. The van der Waals surface area contributed by atoms with Crippen LogP contribution in [0.2, 0.25) is 0 Å². The van der Waals surface area contributed by atoms with Crippen molar-refractivity contribution in [3.63, 3.8) is 0 Å². The summed E-state index contributed by atoms with van der Waals surface area (Å²) in [4.78, 5) is 23.7. The van der Waals surface area contributed by atoms with Gasteiger partial charge in [-0.2, -0.15) is 0 Å². The molecule has 0 atom stereocenters. The molecule has 0 spiro atoms. The molecule has 0 radical (unpaired) electrons. The lowest BCUT2D eigenvalue weighted by Gasteiger charge is -2.09. The number of hydrogen-bond donors (Lipinski definition) is 4. The van der Waals surface area contributed by atoms with Gasteiger partial charge in [-0.3, -0.25) is 15.0 Å². The highest BCUT2D eigenvalue weighted by Crippen LogP contribution is 2.21. The molecular formula is C18H22N4O2. The number of benzene rings is 1. The standard InChI is InChI=1S/C18H22N4O2/c1-3-12(18(24)22-20)6-9-16(19)15-10-13(5-4-11(15)2)17(23)21-14-7-8-14/h3-6,9-10,14H,1,7-8,19-20H2,2H3,(H,21,23)(H,22,24)/b12-6+,16-9-. The second kappa shape index (κ2) is 7.61. The quantitative estimate of drug-likeness (QED) is 0.207. The minimum atomic E-state index is -0.455. The molecule has 1 aromatic rings. The fourth-order valence-corrected chi connectivity index (χ4v) is 2.16. The summed E-state index contributed by atoms with van der Waals surface area (Å²) in [5, 5.41) is 2.95. The van der Waals surface area contributed by atoms with E-state index in [0.29, 0.717) is 22.9 Å². The van der Waals surface area contributed by atoms with Gasteiger partial charge in [-0.1, -0.05) is 18.7 Å². The van der Waals surface area contributed by atoms with Gasteiger partial charge in [0, 0.05) is 28.4 Å². The average molecular weight is 326 g/mol. The van der Waals surface area contributed by atoms with Gasteiger partial charge >= 0.3 is 0 Å². The van der Waals surface area contributed by atoms with Crippen molar-refractivity contribution in [3.05, 3.63) is 65.3 Å². The Balaban J connectivity index is 2.27. The number of hydrogen-bond acceptors (Lipinski definition) is 4. The van der Waals surface area contributed by atoms with Gasteiger partial charge in [-0.25, -0.2) is 5.84 Å². The Bertz CT molecular complexity index is 731. The number of allylic oxidation sites excluding steroid dienone is 2. The Morgan fingerprint density at radius 2 is 2.00 bits per heavy atom. The lowest BCUT2D eigenvalue weighted by molar-refractivity contribution is -0.117. The minimum Gasteiger partial charge on any atom is -0.398 e. The van der Waals surface area contributed by atoms with Crippen molar-refractivity contribution in [2.45, 2.75) is 25.8 Å². The van der Waals surface area contributed by atoms with Crippen molar-refractivity contribution < 1.29 is 9.59 Å². The number of carbonyl (C=O) groups excluding carboxylic acids is 2. The molecule has 0 bridgehead atoms. The lowest BCUT2D eigenvalue weighted by atomic mass is 10.0. The number of nitrogens with one attached hydrogen (secondary N) is 2. The molecule has 6 nitrogen and oxygen atoms in total. The van der Waals surface area contributed by atoms with Crippen LogP contribution in [0.4, 0.5) is 0 Å². The molecule has 1 fully saturated rings. The largest absolute Gasteiger partial charge is 0.398 e. The molecule has 0 unspecified atom stereocenters. The highest BCUT2D eigenvalue weighted by atomic mass is 16.2. The summed E-state index contributed by atoms with van der Waals surface area (Å²) in [6.07, 6.45) is 6.58. The molecule has 0 aliphatic heterocycles. The third kappa shape index (κ3) is 4.33. The number of aryl methyl sites for hydroxylation is 1. The van der Waals surface area contributed by atoms with Crippen LogP contribution >= 0.6 is 0 Å². The molecule has 126 valence electrons. The molecule has 0 heterocycles. The minimum absolute atomic E-state index is 0.101. The van der Waals surface area contributed by atoms with Crippen LogP contribution in [0.3, 0.4) is 0 Å². The van der Waals surface area contributed by atoms with E-state index in [2.05, 4.69) is 11.9 Å². The Kier molecular flexibility index (Phi) is 5.55. The molecule has 24 heavy (non-hydrogen) atoms. The van der Waals surface area contributed by atoms with Gasteiger partial charge in [0.1, 0.15) is 0 Å². The van der Waals surface area contributed by atoms with Crippen LogP contribution in [0, 0.1) is 6.92 Å². The first-order valence-electron chi connectivity index (χ1n) is 7.69. The van der Waals surface area contributed by atoms with E-state index in [4.69, 9.17) is 11.6 Å². The Hall–Kier alpha value is -2.86. The summed E-state index contributed by atoms with van der Waals surface area (Å²) in [6, 6.07) is 5.67. The molecule has 2 rings (SSSR count). The lowest BCUT2D eigenvalue weighted by Crippen LogP contribution is -2.30. The molecule has 6 N–H and O–H groups in total. The zero-order valence-corrected chi connectivity index (χ0v) is 13.6. The van der Waals surface area contributed by atoms with Crippen LogP contribution in [-0.4, -0.2) is 17.9 Å². The Morgan fingerprint density at radius 3 is 2.58 bits per heavy atom. The van der Waals surface area contributed by atoms with E-state index in [1.807, 2.05) is 18.4 Å². The van der Waals surface area contributed by atoms with E-state index >= 15 is 0 Å². The highest BCUT2D eigenvalue weighted by molar-refractivity contribution is 5.97. The molecule has 1 aromatic carbocycles. The van der Waals surface area contributed by atoms with Gasteiger partial charge in [0.25, 0.3) is 11.8 Å². The number of rotatable bonds is 6. The van der Waals surface area contributed by atoms with Crippen molar-refractivity contribution >= 4 is 17.5 Å². The van der Waals surface area contributed by atoms with Gasteiger partial charge < -0.3 is 11.1 Å². The number of nitrogens with two attached hydrogens (primary N) is 2. The molecule has 6 heteroatoms. The van der Waals surface area contributed by atoms with Gasteiger partial charge in [0.15, 0.2) is 0 Å². The van der Waals surface area contributed by atoms with Crippen molar-refractivity contribution in [1.29, 1.82) is 0 Å². The monoisotopic (exact) mass is 326 g/mol. The van der Waals surface area contributed by atoms with E-state index in [9.17, 15) is 9.59 Å². The number of amides is 2. The second-order valence-electron chi connectivity index (χ2n) is 5.70. The Labute approximate surface area is 141 Å². The van der Waals surface area contributed by atoms with Crippen LogP contribution in [0.5, 0.6) is 0 Å². The summed E-state index contributed by atoms with van der Waals surface area (Å²) in [6.45, 7) is 5.47. The fourth-order valence-electron chi connectivity index (χ4n) is 2.16. The maximum absolute atomic E-state index is 12.2. The fraction of sp³-hybridized carbons (Fsp3) is 0.222. The highest BCUT2D eigenvalue weighted by Gasteiger charge is 2.24. The molecule has 0 aromatic heterocycles. The molecule has 0 saturated heterocycles. The summed E-state index contributed by atoms with van der Waals surface area (Å²) >= 11 is 0. The number of hydrazine groups is 1. The summed E-state index contributed by atoms with van der Waals surface area (Å²) < 4.78 is 0. The van der Waals surface area contributed by atoms with E-state index in [-0.39, 0.29) is 5.91 Å². The summed E-state index contributed by atoms with van der Waals surface area (Å²) in [5.74, 6) is 4.55. The van der Waals surface area contributed by atoms with Crippen molar-refractivity contribution in [2.24, 2.45) is 11.6 Å². The zero-order chi connectivity index (χ0) is 17.7. The van der Waals surface area contributed by atoms with Gasteiger partial charge in [0.05, 0.1) is 0 Å². The maximum atomic E-state index is 12.2. The van der Waals surface area contributed by atoms with Gasteiger partial charge in [-0.05, 0) is 49.6 Å². The topological polar surface area (TPSA) is 110 Å². The van der Waals surface area contributed by atoms with E-state index in [1.54, 1.807) is 18.2 Å². The molecule has 2 amide bonds. The summed E-state index contributed by atoms with van der Waals surface area (Å²) in [7, 11) is 0. The van der Waals surface area contributed by atoms with E-state index in [1.165, 1.54) is 12.2 Å². The third-order valence-electron chi connectivity index (χ3n) is 3.78. The number of carbonyl (C=O) groups is 2. The Morgan fingerprint density at radius 1 is 1.29 bits per heavy atom. The SMILES string of the molecule is C=C/C(=C\C=C(/N)c1cc(C(=O)NC2CC2)ccc1C)C(=O)NN. The molecule has 1 saturated carbocycles. The smallest absolute Gasteiger partial charge is 0.265 e. The van der Waals surface area contributed by atoms with Crippen LogP contribution < -0.4 is 22.3 Å².